The van der Waals surface area contributed by atoms with E-state index in [2.05, 4.69) is 10.6 Å². The van der Waals surface area contributed by atoms with Crippen LogP contribution in [0.4, 0.5) is 5.69 Å². The topological polar surface area (TPSA) is 113 Å². The maximum atomic E-state index is 12.6. The van der Waals surface area contributed by atoms with E-state index < -0.39 is 28.4 Å². The minimum atomic E-state index is -4.08. The largest absolute Gasteiger partial charge is 0.352 e. The molecule has 0 unspecified atom stereocenters. The lowest BCUT2D eigenvalue weighted by atomic mass is 10.1. The highest BCUT2D eigenvalue weighted by Crippen LogP contribution is 2.29. The second-order valence-corrected chi connectivity index (χ2v) is 8.84. The highest BCUT2D eigenvalue weighted by Gasteiger charge is 2.41. The second-order valence-electron chi connectivity index (χ2n) is 7.01. The maximum absolute atomic E-state index is 12.6. The van der Waals surface area contributed by atoms with Gasteiger partial charge in [0.05, 0.1) is 16.8 Å². The SMILES string of the molecule is CC(C)CNC(=O)c1ccccc1NC(=O)CN1C(=O)c2ccccc2S1(=O)=O. The fourth-order valence-electron chi connectivity index (χ4n) is 2.89. The number of anilines is 1. The van der Waals surface area contributed by atoms with Crippen LogP contribution < -0.4 is 10.6 Å². The third-order valence-corrected chi connectivity index (χ3v) is 6.10. The molecule has 3 amide bonds. The lowest BCUT2D eigenvalue weighted by Crippen LogP contribution is -2.37. The summed E-state index contributed by atoms with van der Waals surface area (Å²) < 4.78 is 25.7. The van der Waals surface area contributed by atoms with E-state index in [1.165, 1.54) is 24.3 Å². The molecule has 2 aromatic carbocycles. The van der Waals surface area contributed by atoms with Crippen molar-refractivity contribution in [3.8, 4) is 0 Å². The average molecular weight is 415 g/mol. The van der Waals surface area contributed by atoms with E-state index in [9.17, 15) is 22.8 Å². The van der Waals surface area contributed by atoms with Crippen LogP contribution in [0.2, 0.25) is 0 Å². The quantitative estimate of drug-likeness (QED) is 0.748. The van der Waals surface area contributed by atoms with Gasteiger partial charge >= 0.3 is 0 Å². The first-order valence-electron chi connectivity index (χ1n) is 9.05. The van der Waals surface area contributed by atoms with Crippen molar-refractivity contribution in [3.05, 3.63) is 59.7 Å². The Bertz CT molecular complexity index is 1080. The molecule has 152 valence electrons. The first-order valence-corrected chi connectivity index (χ1v) is 10.5. The molecule has 0 aromatic heterocycles. The minimum absolute atomic E-state index is 0.0359. The van der Waals surface area contributed by atoms with Crippen molar-refractivity contribution in [1.29, 1.82) is 0 Å². The van der Waals surface area contributed by atoms with Crippen LogP contribution in [0.15, 0.2) is 53.4 Å². The molecule has 0 saturated carbocycles. The van der Waals surface area contributed by atoms with E-state index in [0.29, 0.717) is 10.8 Å². The van der Waals surface area contributed by atoms with Crippen LogP contribution in [0.1, 0.15) is 34.6 Å². The molecular formula is C20H21N3O5S. The molecule has 0 aliphatic carbocycles. The Morgan fingerprint density at radius 1 is 1.03 bits per heavy atom. The van der Waals surface area contributed by atoms with Gasteiger partial charge < -0.3 is 10.6 Å². The van der Waals surface area contributed by atoms with Crippen LogP contribution in [0.3, 0.4) is 0 Å². The van der Waals surface area contributed by atoms with Crippen LogP contribution in [0.5, 0.6) is 0 Å². The zero-order chi connectivity index (χ0) is 21.2. The molecule has 0 fully saturated rings. The molecule has 0 spiro atoms. The van der Waals surface area contributed by atoms with Gasteiger partial charge in [-0.15, -0.1) is 0 Å². The molecule has 3 rings (SSSR count). The van der Waals surface area contributed by atoms with Crippen LogP contribution in [-0.2, 0) is 14.8 Å². The molecule has 0 radical (unpaired) electrons. The van der Waals surface area contributed by atoms with Crippen molar-refractivity contribution in [2.24, 2.45) is 5.92 Å². The van der Waals surface area contributed by atoms with Crippen LogP contribution >= 0.6 is 0 Å². The minimum Gasteiger partial charge on any atom is -0.352 e. The number of hydrogen-bond donors (Lipinski definition) is 2. The van der Waals surface area contributed by atoms with Crippen molar-refractivity contribution in [2.45, 2.75) is 18.7 Å². The summed E-state index contributed by atoms with van der Waals surface area (Å²) in [6, 6.07) is 12.2. The predicted octanol–water partition coefficient (Wildman–Crippen LogP) is 1.86. The Morgan fingerprint density at radius 3 is 2.38 bits per heavy atom. The maximum Gasteiger partial charge on any atom is 0.269 e. The number of carbonyl (C=O) groups excluding carboxylic acids is 3. The molecule has 2 aromatic rings. The summed E-state index contributed by atoms with van der Waals surface area (Å²) in [7, 11) is -4.08. The molecule has 1 heterocycles. The smallest absolute Gasteiger partial charge is 0.269 e. The molecule has 2 N–H and O–H groups in total. The summed E-state index contributed by atoms with van der Waals surface area (Å²) in [5.74, 6) is -1.57. The molecule has 0 saturated heterocycles. The first-order chi connectivity index (χ1) is 13.7. The van der Waals surface area contributed by atoms with Gasteiger partial charge in [0.1, 0.15) is 11.4 Å². The van der Waals surface area contributed by atoms with Crippen molar-refractivity contribution in [2.75, 3.05) is 18.4 Å². The summed E-state index contributed by atoms with van der Waals surface area (Å²) in [6.07, 6.45) is 0. The van der Waals surface area contributed by atoms with Gasteiger partial charge in [0, 0.05) is 6.54 Å². The van der Waals surface area contributed by atoms with Crippen molar-refractivity contribution < 1.29 is 22.8 Å². The number of rotatable bonds is 6. The Balaban J connectivity index is 1.76. The van der Waals surface area contributed by atoms with E-state index in [1.54, 1.807) is 24.3 Å². The lowest BCUT2D eigenvalue weighted by Gasteiger charge is -2.16. The third-order valence-electron chi connectivity index (χ3n) is 4.32. The Morgan fingerprint density at radius 2 is 1.69 bits per heavy atom. The van der Waals surface area contributed by atoms with Gasteiger partial charge in [-0.25, -0.2) is 12.7 Å². The van der Waals surface area contributed by atoms with Crippen LogP contribution in [-0.4, -0.2) is 43.5 Å². The van der Waals surface area contributed by atoms with Gasteiger partial charge in [0.2, 0.25) is 5.91 Å². The Kier molecular flexibility index (Phi) is 5.69. The number of amides is 3. The van der Waals surface area contributed by atoms with Gasteiger partial charge in [-0.1, -0.05) is 38.1 Å². The summed E-state index contributed by atoms with van der Waals surface area (Å²) in [5.41, 5.74) is 0.523. The van der Waals surface area contributed by atoms with E-state index in [-0.39, 0.29) is 33.5 Å². The number of hydrogen-bond acceptors (Lipinski definition) is 5. The Hall–Kier alpha value is -3.20. The summed E-state index contributed by atoms with van der Waals surface area (Å²) in [6.45, 7) is 3.70. The molecule has 0 atom stereocenters. The number of nitrogens with one attached hydrogen (secondary N) is 2. The van der Waals surface area contributed by atoms with Gasteiger partial charge in [-0.3, -0.25) is 14.4 Å². The highest BCUT2D eigenvalue weighted by molar-refractivity contribution is 7.90. The number of para-hydroxylation sites is 1. The van der Waals surface area contributed by atoms with Crippen LogP contribution in [0, 0.1) is 5.92 Å². The highest BCUT2D eigenvalue weighted by atomic mass is 32.2. The monoisotopic (exact) mass is 415 g/mol. The fourth-order valence-corrected chi connectivity index (χ4v) is 4.41. The predicted molar refractivity (Wildman–Crippen MR) is 107 cm³/mol. The van der Waals surface area contributed by atoms with Crippen molar-refractivity contribution in [3.63, 3.8) is 0 Å². The lowest BCUT2D eigenvalue weighted by molar-refractivity contribution is -0.116. The van der Waals surface area contributed by atoms with E-state index in [1.807, 2.05) is 13.8 Å². The van der Waals surface area contributed by atoms with Gasteiger partial charge in [0.25, 0.3) is 21.8 Å². The van der Waals surface area contributed by atoms with Gasteiger partial charge in [-0.05, 0) is 30.2 Å². The van der Waals surface area contributed by atoms with Gasteiger partial charge in [0.15, 0.2) is 0 Å². The van der Waals surface area contributed by atoms with Gasteiger partial charge in [-0.2, -0.15) is 0 Å². The fraction of sp³-hybridized carbons (Fsp3) is 0.250. The van der Waals surface area contributed by atoms with Crippen LogP contribution in [0.25, 0.3) is 0 Å². The summed E-state index contributed by atoms with van der Waals surface area (Å²) >= 11 is 0. The summed E-state index contributed by atoms with van der Waals surface area (Å²) in [5, 5.41) is 5.30. The molecule has 29 heavy (non-hydrogen) atoms. The Labute approximate surface area is 169 Å². The molecular weight excluding hydrogens is 394 g/mol. The van der Waals surface area contributed by atoms with Crippen molar-refractivity contribution in [1.82, 2.24) is 9.62 Å². The van der Waals surface area contributed by atoms with Crippen molar-refractivity contribution >= 4 is 33.4 Å². The van der Waals surface area contributed by atoms with E-state index in [0.717, 1.165) is 0 Å². The van der Waals surface area contributed by atoms with E-state index >= 15 is 0 Å². The zero-order valence-corrected chi connectivity index (χ0v) is 16.8. The number of sulfonamides is 1. The molecule has 0 bridgehead atoms. The first kappa shape index (κ1) is 20.5. The molecule has 1 aliphatic heterocycles. The number of benzene rings is 2. The number of fused-ring (bicyclic) bond motifs is 1. The summed E-state index contributed by atoms with van der Waals surface area (Å²) in [4.78, 5) is 37.2. The van der Waals surface area contributed by atoms with E-state index in [4.69, 9.17) is 0 Å². The number of nitrogens with zero attached hydrogens (tertiary/aromatic N) is 1. The number of carbonyl (C=O) groups is 3. The molecule has 9 heteroatoms. The average Bonchev–Trinajstić information content (AvgIpc) is 2.87. The molecule has 1 aliphatic rings. The molecule has 8 nitrogen and oxygen atoms in total. The third kappa shape index (κ3) is 4.14. The second kappa shape index (κ2) is 8.04. The normalized spacial score (nSPS) is 14.6. The standard InChI is InChI=1S/C20H21N3O5S/c1-13(2)11-21-19(25)14-7-3-5-9-16(14)22-18(24)12-23-20(26)15-8-4-6-10-17(15)29(23,27)28/h3-10,13H,11-12H2,1-2H3,(H,21,25)(H,22,24). The zero-order valence-electron chi connectivity index (χ0n) is 16.0.